The molecule has 0 amide bonds. The van der Waals surface area contributed by atoms with Gasteiger partial charge in [-0.1, -0.05) is 6.07 Å². The maximum absolute atomic E-state index is 13.7. The average Bonchev–Trinajstić information content (AvgIpc) is 2.55. The van der Waals surface area contributed by atoms with Crippen molar-refractivity contribution in [2.45, 2.75) is 25.2 Å². The van der Waals surface area contributed by atoms with Gasteiger partial charge in [0, 0.05) is 18.4 Å². The number of allylic oxidation sites excluding steroid dienone is 2. The smallest absolute Gasteiger partial charge is 0.340 e. The molecule has 0 fully saturated rings. The van der Waals surface area contributed by atoms with Crippen LogP contribution in [0.5, 0.6) is 0 Å². The number of ketones is 1. The first kappa shape index (κ1) is 16.2. The number of nitrogens with two attached hydrogens (primary N) is 1. The Labute approximate surface area is 136 Å². The summed E-state index contributed by atoms with van der Waals surface area (Å²) in [5.74, 6) is -3.86. The van der Waals surface area contributed by atoms with Crippen molar-refractivity contribution in [2.24, 2.45) is 5.73 Å². The fourth-order valence-electron chi connectivity index (χ4n) is 3.09. The van der Waals surface area contributed by atoms with Crippen molar-refractivity contribution in [3.05, 3.63) is 58.2 Å². The van der Waals surface area contributed by atoms with Crippen LogP contribution < -0.4 is 5.73 Å². The third-order valence-corrected chi connectivity index (χ3v) is 4.17. The van der Waals surface area contributed by atoms with Gasteiger partial charge >= 0.3 is 5.97 Å². The van der Waals surface area contributed by atoms with E-state index in [4.69, 9.17) is 15.2 Å². The van der Waals surface area contributed by atoms with Gasteiger partial charge in [-0.25, -0.2) is 13.6 Å². The van der Waals surface area contributed by atoms with E-state index in [2.05, 4.69) is 0 Å². The van der Waals surface area contributed by atoms with Crippen molar-refractivity contribution in [3.8, 4) is 0 Å². The molecule has 1 aromatic rings. The first-order valence-corrected chi connectivity index (χ1v) is 7.41. The van der Waals surface area contributed by atoms with Gasteiger partial charge in [-0.3, -0.25) is 4.79 Å². The maximum Gasteiger partial charge on any atom is 0.340 e. The summed E-state index contributed by atoms with van der Waals surface area (Å²) in [4.78, 5) is 24.6. The summed E-state index contributed by atoms with van der Waals surface area (Å²) in [5.41, 5.74) is 6.25. The van der Waals surface area contributed by atoms with Gasteiger partial charge in [-0.2, -0.15) is 0 Å². The summed E-state index contributed by atoms with van der Waals surface area (Å²) in [6.45, 7) is 0. The Balaban J connectivity index is 2.21. The highest BCUT2D eigenvalue weighted by atomic mass is 19.2. The molecule has 1 aliphatic carbocycles. The average molecular weight is 335 g/mol. The molecule has 0 bridgehead atoms. The third-order valence-electron chi connectivity index (χ3n) is 4.17. The van der Waals surface area contributed by atoms with Crippen molar-refractivity contribution in [1.82, 2.24) is 0 Å². The Morgan fingerprint density at radius 1 is 1.29 bits per heavy atom. The lowest BCUT2D eigenvalue weighted by Gasteiger charge is -2.32. The highest BCUT2D eigenvalue weighted by Crippen LogP contribution is 2.44. The number of rotatable bonds is 2. The van der Waals surface area contributed by atoms with Crippen LogP contribution in [-0.4, -0.2) is 18.9 Å². The fourth-order valence-corrected chi connectivity index (χ4v) is 3.09. The predicted molar refractivity (Wildman–Crippen MR) is 79.3 cm³/mol. The normalized spacial score (nSPS) is 20.6. The minimum Gasteiger partial charge on any atom is -0.465 e. The topological polar surface area (TPSA) is 78.6 Å². The summed E-state index contributed by atoms with van der Waals surface area (Å²) in [7, 11) is 1.16. The zero-order chi connectivity index (χ0) is 17.4. The predicted octanol–water partition coefficient (Wildman–Crippen LogP) is 2.43. The van der Waals surface area contributed by atoms with Gasteiger partial charge in [-0.05, 0) is 24.1 Å². The summed E-state index contributed by atoms with van der Waals surface area (Å²) >= 11 is 0. The number of carbonyl (C=O) groups excluding carboxylic acids is 2. The Hall–Kier alpha value is -2.70. The summed E-state index contributed by atoms with van der Waals surface area (Å²) in [5, 5.41) is 0. The third kappa shape index (κ3) is 2.55. The van der Waals surface area contributed by atoms with E-state index in [-0.39, 0.29) is 34.8 Å². The SMILES string of the molecule is COC(=O)C1=C(N)OC2=C(C(=O)CCC2)C1c1ccc(F)c(F)c1. The molecule has 5 nitrogen and oxygen atoms in total. The Morgan fingerprint density at radius 3 is 2.71 bits per heavy atom. The first-order chi connectivity index (χ1) is 11.4. The zero-order valence-corrected chi connectivity index (χ0v) is 12.9. The number of ether oxygens (including phenoxy) is 2. The van der Waals surface area contributed by atoms with Crippen molar-refractivity contribution < 1.29 is 27.8 Å². The van der Waals surface area contributed by atoms with Gasteiger partial charge in [0.05, 0.1) is 13.0 Å². The van der Waals surface area contributed by atoms with Gasteiger partial charge < -0.3 is 15.2 Å². The number of halogens is 2. The van der Waals surface area contributed by atoms with E-state index in [1.165, 1.54) is 6.07 Å². The molecule has 3 rings (SSSR count). The second-order valence-corrected chi connectivity index (χ2v) is 5.59. The Kier molecular flexibility index (Phi) is 4.09. The van der Waals surface area contributed by atoms with Crippen molar-refractivity contribution in [2.75, 3.05) is 7.11 Å². The fraction of sp³-hybridized carbons (Fsp3) is 0.294. The minimum absolute atomic E-state index is 0.0856. The van der Waals surface area contributed by atoms with E-state index in [1.54, 1.807) is 0 Å². The van der Waals surface area contributed by atoms with Crippen LogP contribution in [0.15, 0.2) is 41.0 Å². The molecule has 126 valence electrons. The molecule has 2 N–H and O–H groups in total. The quantitative estimate of drug-likeness (QED) is 0.840. The van der Waals surface area contributed by atoms with Crippen LogP contribution in [0, 0.1) is 11.6 Å². The van der Waals surface area contributed by atoms with Crippen molar-refractivity contribution in [3.63, 3.8) is 0 Å². The van der Waals surface area contributed by atoms with E-state index >= 15 is 0 Å². The molecular formula is C17H15F2NO4. The lowest BCUT2D eigenvalue weighted by Crippen LogP contribution is -2.31. The molecule has 1 heterocycles. The molecule has 0 saturated heterocycles. The Morgan fingerprint density at radius 2 is 2.04 bits per heavy atom. The standard InChI is InChI=1S/C17H15F2NO4/c1-23-17(22)15-13(8-5-6-9(18)10(19)7-8)14-11(21)3-2-4-12(14)24-16(15)20/h5-7,13H,2-4,20H2,1H3. The number of carbonyl (C=O) groups is 2. The molecule has 7 heteroatoms. The van der Waals surface area contributed by atoms with Crippen LogP contribution in [0.4, 0.5) is 8.78 Å². The summed E-state index contributed by atoms with van der Waals surface area (Å²) < 4.78 is 37.1. The van der Waals surface area contributed by atoms with E-state index in [1.807, 2.05) is 0 Å². The molecule has 1 aromatic carbocycles. The highest BCUT2D eigenvalue weighted by molar-refractivity contribution is 6.03. The largest absolute Gasteiger partial charge is 0.465 e. The maximum atomic E-state index is 13.7. The molecule has 24 heavy (non-hydrogen) atoms. The molecular weight excluding hydrogens is 320 g/mol. The molecule has 1 unspecified atom stereocenters. The van der Waals surface area contributed by atoms with E-state index < -0.39 is 23.5 Å². The lowest BCUT2D eigenvalue weighted by molar-refractivity contribution is -0.136. The monoisotopic (exact) mass is 335 g/mol. The molecule has 1 atom stereocenters. The second-order valence-electron chi connectivity index (χ2n) is 5.59. The molecule has 2 aliphatic rings. The van der Waals surface area contributed by atoms with E-state index in [0.717, 1.165) is 19.2 Å². The van der Waals surface area contributed by atoms with E-state index in [0.29, 0.717) is 18.6 Å². The van der Waals surface area contributed by atoms with Crippen molar-refractivity contribution in [1.29, 1.82) is 0 Å². The molecule has 0 spiro atoms. The molecule has 0 radical (unpaired) electrons. The number of hydrogen-bond donors (Lipinski definition) is 1. The van der Waals surface area contributed by atoms with Crippen LogP contribution in [-0.2, 0) is 19.1 Å². The summed E-state index contributed by atoms with van der Waals surface area (Å²) in [6, 6.07) is 3.21. The molecule has 0 aromatic heterocycles. The van der Waals surface area contributed by atoms with E-state index in [9.17, 15) is 18.4 Å². The zero-order valence-electron chi connectivity index (χ0n) is 12.9. The number of hydrogen-bond acceptors (Lipinski definition) is 5. The summed E-state index contributed by atoms with van der Waals surface area (Å²) in [6.07, 6.45) is 1.37. The minimum atomic E-state index is -1.08. The van der Waals surface area contributed by atoms with Crippen molar-refractivity contribution >= 4 is 11.8 Å². The Bertz CT molecular complexity index is 798. The lowest BCUT2D eigenvalue weighted by atomic mass is 9.77. The van der Waals surface area contributed by atoms with Crippen LogP contribution >= 0.6 is 0 Å². The van der Waals surface area contributed by atoms with Gasteiger partial charge in [0.15, 0.2) is 17.4 Å². The van der Waals surface area contributed by atoms with Gasteiger partial charge in [0.2, 0.25) is 5.88 Å². The van der Waals surface area contributed by atoms with Crippen LogP contribution in [0.3, 0.4) is 0 Å². The molecule has 1 aliphatic heterocycles. The number of esters is 1. The number of Topliss-reactive ketones (excluding diaryl/α,β-unsaturated/α-hetero) is 1. The molecule has 0 saturated carbocycles. The van der Waals surface area contributed by atoms with Crippen LogP contribution in [0.25, 0.3) is 0 Å². The van der Waals surface area contributed by atoms with Crippen LogP contribution in [0.2, 0.25) is 0 Å². The van der Waals surface area contributed by atoms with Gasteiger partial charge in [0.25, 0.3) is 0 Å². The van der Waals surface area contributed by atoms with Gasteiger partial charge in [0.1, 0.15) is 11.3 Å². The number of benzene rings is 1. The second kappa shape index (κ2) is 6.07. The first-order valence-electron chi connectivity index (χ1n) is 7.41. The van der Waals surface area contributed by atoms with Crippen LogP contribution in [0.1, 0.15) is 30.7 Å². The highest BCUT2D eigenvalue weighted by Gasteiger charge is 2.41. The number of methoxy groups -OCH3 is 1. The van der Waals surface area contributed by atoms with Gasteiger partial charge in [-0.15, -0.1) is 0 Å².